The first-order chi connectivity index (χ1) is 14.5. The van der Waals surface area contributed by atoms with Crippen LogP contribution in [-0.2, 0) is 14.3 Å². The topological polar surface area (TPSA) is 165 Å². The summed E-state index contributed by atoms with van der Waals surface area (Å²) in [5.74, 6) is -3.57. The van der Waals surface area contributed by atoms with Crippen molar-refractivity contribution in [2.45, 2.75) is 90.0 Å². The quantitative estimate of drug-likeness (QED) is 0.236. The standard InChI is InChI=1S/C23H36O9/c1-10-7-14(27)22(30,9-24)17-19(32-12(3)25)23(31)8-13(26)11(2)15(20(23,4)5)16(28)18(29)21(10,17)6/h10,13-14,16-17,19,24,26-28,30-31H,7-9H2,1-6H3/t10?,13-,14-,16+,17?,19?,21+,22-,23+/m0/s1. The highest BCUT2D eigenvalue weighted by Crippen LogP contribution is 2.62. The second-order valence-corrected chi connectivity index (χ2v) is 10.7. The van der Waals surface area contributed by atoms with Gasteiger partial charge in [0.1, 0.15) is 23.4 Å². The third-order valence-electron chi connectivity index (χ3n) is 8.92. The van der Waals surface area contributed by atoms with Gasteiger partial charge < -0.3 is 35.4 Å². The lowest BCUT2D eigenvalue weighted by Gasteiger charge is -2.64. The molecule has 9 heteroatoms. The first-order valence-corrected chi connectivity index (χ1v) is 11.0. The van der Waals surface area contributed by atoms with Crippen molar-refractivity contribution in [1.29, 1.82) is 0 Å². The van der Waals surface area contributed by atoms with Crippen molar-refractivity contribution >= 4 is 11.8 Å². The highest BCUT2D eigenvalue weighted by atomic mass is 16.6. The SMILES string of the molecule is CC(=O)OC1C2[C@](C)(C(=O)[C@H](O)C3=C(C)[C@@H](O)C[C@]1(O)C3(C)C)C(C)C[C@H](O)[C@@]2(O)CO. The highest BCUT2D eigenvalue weighted by Gasteiger charge is 2.73. The molecule has 0 aromatic rings. The van der Waals surface area contributed by atoms with E-state index in [1.165, 1.54) is 6.92 Å². The first-order valence-electron chi connectivity index (χ1n) is 11.0. The molecular weight excluding hydrogens is 420 g/mol. The van der Waals surface area contributed by atoms with Crippen LogP contribution in [0.2, 0.25) is 0 Å². The summed E-state index contributed by atoms with van der Waals surface area (Å²) in [7, 11) is 0. The van der Waals surface area contributed by atoms with Crippen molar-refractivity contribution in [3.8, 4) is 0 Å². The van der Waals surface area contributed by atoms with Gasteiger partial charge in [-0.2, -0.15) is 0 Å². The number of Topliss-reactive ketones (excluding diaryl/α,β-unsaturated/α-hetero) is 1. The number of hydrogen-bond acceptors (Lipinski definition) is 9. The highest BCUT2D eigenvalue weighted by molar-refractivity contribution is 5.93. The summed E-state index contributed by atoms with van der Waals surface area (Å²) in [4.78, 5) is 26.1. The van der Waals surface area contributed by atoms with Crippen LogP contribution in [0.25, 0.3) is 0 Å². The number of fused-ring (bicyclic) bond motifs is 3. The Bertz CT molecular complexity index is 850. The minimum absolute atomic E-state index is 0.0578. The minimum Gasteiger partial charge on any atom is -0.459 e. The average molecular weight is 457 g/mol. The molecule has 9 nitrogen and oxygen atoms in total. The molecule has 3 aliphatic carbocycles. The van der Waals surface area contributed by atoms with Crippen LogP contribution >= 0.6 is 0 Å². The molecule has 0 saturated heterocycles. The number of carbonyl (C=O) groups is 2. The van der Waals surface area contributed by atoms with Crippen molar-refractivity contribution < 1.29 is 45.0 Å². The zero-order valence-electron chi connectivity index (χ0n) is 19.5. The summed E-state index contributed by atoms with van der Waals surface area (Å²) in [6, 6.07) is 0. The van der Waals surface area contributed by atoms with Crippen LogP contribution in [0.4, 0.5) is 0 Å². The normalized spacial score (nSPS) is 48.6. The Morgan fingerprint density at radius 2 is 1.72 bits per heavy atom. The van der Waals surface area contributed by atoms with Gasteiger partial charge in [0.25, 0.3) is 0 Å². The van der Waals surface area contributed by atoms with Gasteiger partial charge in [-0.3, -0.25) is 9.59 Å². The van der Waals surface area contributed by atoms with Gasteiger partial charge >= 0.3 is 5.97 Å². The molecule has 0 spiro atoms. The predicted molar refractivity (Wildman–Crippen MR) is 112 cm³/mol. The lowest BCUT2D eigenvalue weighted by atomic mass is 9.44. The third kappa shape index (κ3) is 2.98. The van der Waals surface area contributed by atoms with Crippen LogP contribution in [0.15, 0.2) is 11.1 Å². The monoisotopic (exact) mass is 456 g/mol. The van der Waals surface area contributed by atoms with Gasteiger partial charge in [-0.25, -0.2) is 0 Å². The Labute approximate surface area is 187 Å². The summed E-state index contributed by atoms with van der Waals surface area (Å²) in [5.41, 5.74) is -6.82. The molecule has 3 rings (SSSR count). The molecule has 3 aliphatic rings. The minimum atomic E-state index is -2.32. The molecule has 6 N–H and O–H groups in total. The van der Waals surface area contributed by atoms with Crippen LogP contribution in [0.1, 0.15) is 54.4 Å². The van der Waals surface area contributed by atoms with Crippen molar-refractivity contribution in [2.75, 3.05) is 6.61 Å². The number of ether oxygens (including phenoxy) is 1. The van der Waals surface area contributed by atoms with Crippen molar-refractivity contribution in [1.82, 2.24) is 0 Å². The lowest BCUT2D eigenvalue weighted by molar-refractivity contribution is -0.282. The number of carbonyl (C=O) groups excluding carboxylic acids is 2. The van der Waals surface area contributed by atoms with Gasteiger partial charge in [0.15, 0.2) is 5.78 Å². The molecule has 2 bridgehead atoms. The van der Waals surface area contributed by atoms with E-state index in [4.69, 9.17) is 4.74 Å². The largest absolute Gasteiger partial charge is 0.459 e. The van der Waals surface area contributed by atoms with Gasteiger partial charge in [0, 0.05) is 30.1 Å². The fourth-order valence-electron chi connectivity index (χ4n) is 6.68. The van der Waals surface area contributed by atoms with Gasteiger partial charge in [0.05, 0.1) is 18.8 Å². The molecule has 9 atom stereocenters. The summed E-state index contributed by atoms with van der Waals surface area (Å²) >= 11 is 0. The Morgan fingerprint density at radius 3 is 2.22 bits per heavy atom. The summed E-state index contributed by atoms with van der Waals surface area (Å²) in [5, 5.41) is 66.7. The van der Waals surface area contributed by atoms with Crippen molar-refractivity contribution in [2.24, 2.45) is 22.7 Å². The van der Waals surface area contributed by atoms with Crippen molar-refractivity contribution in [3.05, 3.63) is 11.1 Å². The first kappa shape index (κ1) is 25.3. The fourth-order valence-corrected chi connectivity index (χ4v) is 6.68. The smallest absolute Gasteiger partial charge is 0.303 e. The van der Waals surface area contributed by atoms with Crippen LogP contribution < -0.4 is 0 Å². The Hall–Kier alpha value is -1.36. The second kappa shape index (κ2) is 7.58. The maximum absolute atomic E-state index is 13.9. The number of rotatable bonds is 2. The third-order valence-corrected chi connectivity index (χ3v) is 8.92. The zero-order valence-corrected chi connectivity index (χ0v) is 19.5. The van der Waals surface area contributed by atoms with Gasteiger partial charge in [-0.15, -0.1) is 0 Å². The van der Waals surface area contributed by atoms with Gasteiger partial charge in [-0.1, -0.05) is 27.7 Å². The van der Waals surface area contributed by atoms with E-state index in [2.05, 4.69) is 0 Å². The number of aliphatic hydroxyl groups excluding tert-OH is 4. The van der Waals surface area contributed by atoms with E-state index in [0.29, 0.717) is 5.57 Å². The molecule has 0 aliphatic heterocycles. The van der Waals surface area contributed by atoms with Crippen molar-refractivity contribution in [3.63, 3.8) is 0 Å². The molecule has 182 valence electrons. The van der Waals surface area contributed by atoms with E-state index >= 15 is 0 Å². The molecule has 0 heterocycles. The van der Waals surface area contributed by atoms with E-state index in [1.807, 2.05) is 0 Å². The van der Waals surface area contributed by atoms with E-state index in [1.54, 1.807) is 27.7 Å². The van der Waals surface area contributed by atoms with E-state index in [9.17, 15) is 40.2 Å². The molecule has 0 amide bonds. The maximum atomic E-state index is 13.9. The molecule has 0 radical (unpaired) electrons. The number of esters is 1. The molecule has 3 unspecified atom stereocenters. The second-order valence-electron chi connectivity index (χ2n) is 10.7. The van der Waals surface area contributed by atoms with Crippen LogP contribution in [-0.4, -0.2) is 84.6 Å². The predicted octanol–water partition coefficient (Wildman–Crippen LogP) is -0.553. The van der Waals surface area contributed by atoms with Crippen LogP contribution in [0.5, 0.6) is 0 Å². The lowest BCUT2D eigenvalue weighted by Crippen LogP contribution is -2.76. The van der Waals surface area contributed by atoms with Gasteiger partial charge in [-0.05, 0) is 30.4 Å². The fraction of sp³-hybridized carbons (Fsp3) is 0.826. The van der Waals surface area contributed by atoms with E-state index < -0.39 is 76.6 Å². The van der Waals surface area contributed by atoms with Crippen LogP contribution in [0.3, 0.4) is 0 Å². The van der Waals surface area contributed by atoms with Crippen LogP contribution in [0, 0.1) is 22.7 Å². The summed E-state index contributed by atoms with van der Waals surface area (Å²) < 4.78 is 5.61. The number of aliphatic hydroxyl groups is 6. The number of ketones is 1. The zero-order chi connectivity index (χ0) is 24.6. The van der Waals surface area contributed by atoms with Gasteiger partial charge in [0.2, 0.25) is 0 Å². The molecule has 0 aromatic carbocycles. The van der Waals surface area contributed by atoms with E-state index in [-0.39, 0.29) is 18.4 Å². The molecule has 2 saturated carbocycles. The Balaban J connectivity index is 2.46. The Morgan fingerprint density at radius 1 is 1.16 bits per heavy atom. The molecule has 0 aromatic heterocycles. The summed E-state index contributed by atoms with van der Waals surface area (Å²) in [6.07, 6.45) is -6.38. The Kier molecular flexibility index (Phi) is 5.98. The average Bonchev–Trinajstić information content (AvgIpc) is 2.68. The summed E-state index contributed by atoms with van der Waals surface area (Å²) in [6.45, 7) is 8.06. The maximum Gasteiger partial charge on any atom is 0.303 e. The van der Waals surface area contributed by atoms with E-state index in [0.717, 1.165) is 6.92 Å². The molecular formula is C23H36O9. The molecule has 32 heavy (non-hydrogen) atoms. The molecule has 2 fully saturated rings. The number of hydrogen-bond donors (Lipinski definition) is 6.